The van der Waals surface area contributed by atoms with E-state index in [2.05, 4.69) is 43.3 Å². The van der Waals surface area contributed by atoms with Crippen LogP contribution >= 0.6 is 11.8 Å². The van der Waals surface area contributed by atoms with Gasteiger partial charge in [0.1, 0.15) is 35.6 Å². The largest absolute Gasteiger partial charge is 0.497 e. The Balaban J connectivity index is 1.30. The van der Waals surface area contributed by atoms with E-state index in [1.165, 1.54) is 5.56 Å². The molecule has 0 spiro atoms. The van der Waals surface area contributed by atoms with Gasteiger partial charge in [-0.25, -0.2) is 0 Å². The molecule has 0 N–H and O–H groups in total. The molecular weight excluding hydrogens is 548 g/mol. The fourth-order valence-corrected chi connectivity index (χ4v) is 6.35. The third-order valence-electron chi connectivity index (χ3n) is 7.52. The Hall–Kier alpha value is -3.17. The van der Waals surface area contributed by atoms with Crippen molar-refractivity contribution in [3.8, 4) is 5.75 Å². The minimum absolute atomic E-state index is 0.311. The predicted molar refractivity (Wildman–Crippen MR) is 162 cm³/mol. The molecule has 2 aliphatic heterocycles. The Bertz CT molecular complexity index is 1380. The second kappa shape index (κ2) is 13.9. The molecule has 6 nitrogen and oxygen atoms in total. The maximum atomic E-state index is 6.73. The maximum absolute atomic E-state index is 6.73. The summed E-state index contributed by atoms with van der Waals surface area (Å²) in [5.74, 6) is 0.807. The molecule has 0 amide bonds. The summed E-state index contributed by atoms with van der Waals surface area (Å²) in [6, 6.07) is 36.6. The number of methoxy groups -OCH3 is 1. The zero-order chi connectivity index (χ0) is 28.7. The van der Waals surface area contributed by atoms with Gasteiger partial charge in [-0.15, -0.1) is 0 Å². The molecule has 4 aromatic carbocycles. The van der Waals surface area contributed by atoms with E-state index >= 15 is 0 Å². The highest BCUT2D eigenvalue weighted by Gasteiger charge is 2.51. The summed E-state index contributed by atoms with van der Waals surface area (Å²) in [6.45, 7) is 3.30. The molecule has 2 aliphatic rings. The van der Waals surface area contributed by atoms with Crippen molar-refractivity contribution in [1.29, 1.82) is 0 Å². The highest BCUT2D eigenvalue weighted by atomic mass is 32.2. The van der Waals surface area contributed by atoms with Crippen molar-refractivity contribution in [2.24, 2.45) is 0 Å². The van der Waals surface area contributed by atoms with E-state index in [0.29, 0.717) is 19.8 Å². The first kappa shape index (κ1) is 28.9. The van der Waals surface area contributed by atoms with E-state index in [9.17, 15) is 0 Å². The molecule has 0 bridgehead atoms. The number of hydrogen-bond acceptors (Lipinski definition) is 7. The zero-order valence-corrected chi connectivity index (χ0v) is 24.7. The Morgan fingerprint density at radius 1 is 0.714 bits per heavy atom. The summed E-state index contributed by atoms with van der Waals surface area (Å²) in [5, 5.41) is 0. The van der Waals surface area contributed by atoms with Crippen LogP contribution in [-0.2, 0) is 36.9 Å². The molecule has 42 heavy (non-hydrogen) atoms. The number of ether oxygens (including phenoxy) is 6. The average molecular weight is 585 g/mol. The molecular formula is C35H36O6S. The number of rotatable bonds is 10. The van der Waals surface area contributed by atoms with Gasteiger partial charge in [0.2, 0.25) is 0 Å². The van der Waals surface area contributed by atoms with Crippen molar-refractivity contribution in [3.63, 3.8) is 0 Å². The van der Waals surface area contributed by atoms with Crippen LogP contribution in [0.1, 0.15) is 28.5 Å². The average Bonchev–Trinajstić information content (AvgIpc) is 3.05. The van der Waals surface area contributed by atoms with Gasteiger partial charge in [0.05, 0.1) is 26.9 Å². The third kappa shape index (κ3) is 7.06. The van der Waals surface area contributed by atoms with Crippen LogP contribution in [0.3, 0.4) is 0 Å². The van der Waals surface area contributed by atoms with E-state index < -0.39 is 18.5 Å². The van der Waals surface area contributed by atoms with Crippen LogP contribution in [0.25, 0.3) is 0 Å². The fraction of sp³-hybridized carbons (Fsp3) is 0.314. The quantitative estimate of drug-likeness (QED) is 0.197. The molecule has 0 saturated carbocycles. The second-order valence-corrected chi connectivity index (χ2v) is 11.7. The molecule has 7 heteroatoms. The van der Waals surface area contributed by atoms with E-state index in [4.69, 9.17) is 28.4 Å². The van der Waals surface area contributed by atoms with Crippen molar-refractivity contribution in [1.82, 2.24) is 0 Å². The molecule has 2 heterocycles. The molecule has 6 atom stereocenters. The molecule has 2 fully saturated rings. The van der Waals surface area contributed by atoms with E-state index in [0.717, 1.165) is 27.3 Å². The van der Waals surface area contributed by atoms with Crippen LogP contribution in [0.5, 0.6) is 5.75 Å². The number of hydrogen-bond donors (Lipinski definition) is 0. The first-order chi connectivity index (χ1) is 20.7. The highest BCUT2D eigenvalue weighted by molar-refractivity contribution is 7.99. The molecule has 0 aliphatic carbocycles. The van der Waals surface area contributed by atoms with Gasteiger partial charge in [-0.05, 0) is 42.3 Å². The Labute approximate surface area is 251 Å². The normalized spacial score (nSPS) is 25.5. The van der Waals surface area contributed by atoms with Crippen molar-refractivity contribution in [2.75, 3.05) is 13.7 Å². The van der Waals surface area contributed by atoms with Crippen LogP contribution in [-0.4, -0.2) is 43.6 Å². The summed E-state index contributed by atoms with van der Waals surface area (Å²) in [4.78, 5) is 1.10. The van der Waals surface area contributed by atoms with Gasteiger partial charge in [0.15, 0.2) is 6.29 Å². The number of thioether (sulfide) groups is 1. The van der Waals surface area contributed by atoms with Crippen LogP contribution in [0.2, 0.25) is 0 Å². The molecule has 0 aromatic heterocycles. The lowest BCUT2D eigenvalue weighted by Gasteiger charge is -2.49. The van der Waals surface area contributed by atoms with E-state index in [-0.39, 0.29) is 17.6 Å². The zero-order valence-electron chi connectivity index (χ0n) is 23.8. The van der Waals surface area contributed by atoms with Crippen LogP contribution in [0, 0.1) is 6.92 Å². The Morgan fingerprint density at radius 2 is 1.36 bits per heavy atom. The molecule has 6 rings (SSSR count). The lowest BCUT2D eigenvalue weighted by Crippen LogP contribution is -2.62. The predicted octanol–water partition coefficient (Wildman–Crippen LogP) is 7.11. The lowest BCUT2D eigenvalue weighted by molar-refractivity contribution is -0.329. The van der Waals surface area contributed by atoms with Gasteiger partial charge < -0.3 is 28.4 Å². The second-order valence-electron chi connectivity index (χ2n) is 10.5. The van der Waals surface area contributed by atoms with Crippen LogP contribution in [0.4, 0.5) is 0 Å². The molecule has 4 aromatic rings. The molecule has 218 valence electrons. The van der Waals surface area contributed by atoms with Gasteiger partial charge in [-0.1, -0.05) is 102 Å². The van der Waals surface area contributed by atoms with Gasteiger partial charge in [-0.3, -0.25) is 0 Å². The monoisotopic (exact) mass is 584 g/mol. The molecule has 0 unspecified atom stereocenters. The lowest BCUT2D eigenvalue weighted by atomic mass is 9.98. The summed E-state index contributed by atoms with van der Waals surface area (Å²) >= 11 is 1.64. The van der Waals surface area contributed by atoms with Gasteiger partial charge in [-0.2, -0.15) is 0 Å². The number of benzene rings is 4. The topological polar surface area (TPSA) is 55.4 Å². The van der Waals surface area contributed by atoms with E-state index in [1.807, 2.05) is 72.8 Å². The number of fused-ring (bicyclic) bond motifs is 1. The minimum Gasteiger partial charge on any atom is -0.497 e. The SMILES string of the molecule is COc1ccc(CO[C@@H]2[C@@H](OCc3ccccc3)[C@@H]3O[C@H](c4ccccc4)OC[C@H]3O[C@H]2Sc2ccc(C)cc2)cc1. The summed E-state index contributed by atoms with van der Waals surface area (Å²) in [6.07, 6.45) is -2.03. The third-order valence-corrected chi connectivity index (χ3v) is 8.67. The Kier molecular flexibility index (Phi) is 9.55. The van der Waals surface area contributed by atoms with Gasteiger partial charge in [0, 0.05) is 10.5 Å². The van der Waals surface area contributed by atoms with Gasteiger partial charge >= 0.3 is 0 Å². The standard InChI is InChI=1S/C35H36O6S/c1-24-13-19-29(20-14-24)42-35-33(38-22-26-15-17-28(36-2)18-16-26)32(37-21-25-9-5-3-6-10-25)31-30(40-35)23-39-34(41-31)27-11-7-4-8-12-27/h3-20,30-35H,21-23H2,1-2H3/t30-,31-,32+,33-,34-,35+/m1/s1. The highest BCUT2D eigenvalue weighted by Crippen LogP contribution is 2.41. The molecule has 0 radical (unpaired) electrons. The van der Waals surface area contributed by atoms with Crippen molar-refractivity contribution in [2.45, 2.75) is 61.2 Å². The molecule has 2 saturated heterocycles. The van der Waals surface area contributed by atoms with Crippen molar-refractivity contribution >= 4 is 11.8 Å². The van der Waals surface area contributed by atoms with Crippen LogP contribution < -0.4 is 4.74 Å². The van der Waals surface area contributed by atoms with Crippen LogP contribution in [0.15, 0.2) is 114 Å². The minimum atomic E-state index is -0.512. The van der Waals surface area contributed by atoms with E-state index in [1.54, 1.807) is 18.9 Å². The van der Waals surface area contributed by atoms with Crippen molar-refractivity contribution < 1.29 is 28.4 Å². The summed E-state index contributed by atoms with van der Waals surface area (Å²) < 4.78 is 38.3. The maximum Gasteiger partial charge on any atom is 0.184 e. The summed E-state index contributed by atoms with van der Waals surface area (Å²) in [5.41, 5.74) is 3.96. The first-order valence-electron chi connectivity index (χ1n) is 14.3. The fourth-order valence-electron chi connectivity index (χ4n) is 5.22. The van der Waals surface area contributed by atoms with Gasteiger partial charge in [0.25, 0.3) is 0 Å². The Morgan fingerprint density at radius 3 is 2.05 bits per heavy atom. The summed E-state index contributed by atoms with van der Waals surface area (Å²) in [7, 11) is 1.67. The smallest absolute Gasteiger partial charge is 0.184 e. The number of aryl methyl sites for hydroxylation is 1. The first-order valence-corrected chi connectivity index (χ1v) is 15.1. The van der Waals surface area contributed by atoms with Crippen molar-refractivity contribution in [3.05, 3.63) is 131 Å².